The Morgan fingerprint density at radius 3 is 2.21 bits per heavy atom. The minimum atomic E-state index is -5.08. The normalized spacial score (nSPS) is 21.2. The molecule has 18 heteroatoms. The summed E-state index contributed by atoms with van der Waals surface area (Å²) in [4.78, 5) is 48.5. The maximum atomic E-state index is 14.5. The van der Waals surface area contributed by atoms with Crippen LogP contribution in [0.3, 0.4) is 0 Å². The van der Waals surface area contributed by atoms with Crippen LogP contribution in [0.2, 0.25) is 0 Å². The number of aryl methyl sites for hydroxylation is 1. The third-order valence-electron chi connectivity index (χ3n) is 10.6. The monoisotopic (exact) mass is 869 g/mol. The zero-order valence-electron chi connectivity index (χ0n) is 34.3. The van der Waals surface area contributed by atoms with E-state index in [0.29, 0.717) is 48.5 Å². The molecule has 61 heavy (non-hydrogen) atoms. The van der Waals surface area contributed by atoms with Crippen molar-refractivity contribution in [3.63, 3.8) is 0 Å². The number of hydrogen-bond acceptors (Lipinski definition) is 11. The number of nitrogens with zero attached hydrogens (tertiary/aromatic N) is 4. The van der Waals surface area contributed by atoms with E-state index in [1.807, 2.05) is 30.5 Å². The van der Waals surface area contributed by atoms with Crippen molar-refractivity contribution in [2.24, 2.45) is 0 Å². The van der Waals surface area contributed by atoms with Crippen molar-refractivity contribution >= 4 is 29.1 Å². The Morgan fingerprint density at radius 2 is 1.59 bits per heavy atom. The van der Waals surface area contributed by atoms with Crippen molar-refractivity contribution < 1.29 is 46.5 Å². The number of aliphatic carboxylic acids is 1. The van der Waals surface area contributed by atoms with Gasteiger partial charge in [-0.1, -0.05) is 30.3 Å². The Morgan fingerprint density at radius 1 is 0.934 bits per heavy atom. The average molecular weight is 870 g/mol. The highest BCUT2D eigenvalue weighted by molar-refractivity contribution is 7.11. The molecule has 2 atom stereocenters. The van der Waals surface area contributed by atoms with E-state index in [9.17, 15) is 27.2 Å². The number of pyridine rings is 1. The number of carboxylic acid groups (broad SMARTS) is 1. The Hall–Kier alpha value is -5.01. The summed E-state index contributed by atoms with van der Waals surface area (Å²) in [6.45, 7) is 13.3. The van der Waals surface area contributed by atoms with Crippen LogP contribution in [0.1, 0.15) is 76.5 Å². The molecule has 2 aromatic heterocycles. The maximum absolute atomic E-state index is 14.5. The first-order valence-electron chi connectivity index (χ1n) is 20.3. The van der Waals surface area contributed by atoms with Crippen LogP contribution < -0.4 is 20.7 Å². The second kappa shape index (κ2) is 20.7. The third kappa shape index (κ3) is 13.2. The number of alkyl halides is 3. The summed E-state index contributed by atoms with van der Waals surface area (Å²) in [6, 6.07) is 16.5. The van der Waals surface area contributed by atoms with Crippen LogP contribution in [-0.4, -0.2) is 112 Å². The Labute approximate surface area is 355 Å². The van der Waals surface area contributed by atoms with Gasteiger partial charge in [0, 0.05) is 74.5 Å². The number of amides is 2. The first kappa shape index (κ1) is 45.5. The lowest BCUT2D eigenvalue weighted by Gasteiger charge is -2.36. The maximum Gasteiger partial charge on any atom is 0.490 e. The number of nitrogens with one attached hydrogen (secondary N) is 3. The fourth-order valence-corrected chi connectivity index (χ4v) is 8.54. The standard InChI is InChI=1S/C41H50FN7O4S.C2HF3O2/c1-26-21-49(22-27(2)44-26)23-29-7-12-36(31(17-29)24-48-13-15-52-16-14-48)30-5-4-6-35(18-30)53-40-37(19-32(42)20-43-40)38(50)46-33-8-10-34(11-9-33)47-39(51)41-45-28(3)25-54-41;3-2(4,5)1(6)7/h4-7,12,17-20,25-27,33-34,44H,8-11,13-16,21-24H2,1-3H3,(H,46,50)(H,47,51);(H,6,7)/t26-,27+,33?,34?;. The van der Waals surface area contributed by atoms with Crippen LogP contribution >= 0.6 is 11.3 Å². The molecule has 3 fully saturated rings. The number of carbonyl (C=O) groups excluding carboxylic acids is 2. The highest BCUT2D eigenvalue weighted by Gasteiger charge is 2.38. The number of piperazine rings is 1. The second-order valence-corrected chi connectivity index (χ2v) is 16.6. The fraction of sp³-hybridized carbons (Fsp3) is 0.465. The van der Waals surface area contributed by atoms with E-state index in [0.717, 1.165) is 75.5 Å². The zero-order chi connectivity index (χ0) is 43.7. The molecule has 328 valence electrons. The van der Waals surface area contributed by atoms with Gasteiger partial charge < -0.3 is 30.5 Å². The summed E-state index contributed by atoms with van der Waals surface area (Å²) in [6.07, 6.45) is -1.25. The highest BCUT2D eigenvalue weighted by Crippen LogP contribution is 2.32. The van der Waals surface area contributed by atoms with E-state index in [2.05, 4.69) is 73.8 Å². The molecule has 0 spiro atoms. The van der Waals surface area contributed by atoms with Gasteiger partial charge in [-0.2, -0.15) is 13.2 Å². The molecule has 0 unspecified atom stereocenters. The zero-order valence-corrected chi connectivity index (χ0v) is 35.1. The number of aromatic nitrogens is 2. The number of rotatable bonds is 11. The van der Waals surface area contributed by atoms with Gasteiger partial charge >= 0.3 is 12.1 Å². The molecular weight excluding hydrogens is 819 g/mol. The minimum absolute atomic E-state index is 0.00214. The quantitative estimate of drug-likeness (QED) is 0.121. The number of carbonyl (C=O) groups is 3. The highest BCUT2D eigenvalue weighted by atomic mass is 32.1. The predicted molar refractivity (Wildman–Crippen MR) is 221 cm³/mol. The van der Waals surface area contributed by atoms with Gasteiger partial charge in [-0.05, 0) is 86.9 Å². The number of thiazole rings is 1. The molecule has 2 aromatic carbocycles. The molecule has 3 aliphatic rings. The summed E-state index contributed by atoms with van der Waals surface area (Å²) < 4.78 is 58.1. The summed E-state index contributed by atoms with van der Waals surface area (Å²) in [5.74, 6) is -3.46. The Kier molecular flexibility index (Phi) is 15.4. The van der Waals surface area contributed by atoms with E-state index in [1.165, 1.54) is 28.5 Å². The van der Waals surface area contributed by atoms with E-state index in [-0.39, 0.29) is 29.4 Å². The summed E-state index contributed by atoms with van der Waals surface area (Å²) in [7, 11) is 0. The first-order valence-corrected chi connectivity index (χ1v) is 21.2. The smallest absolute Gasteiger partial charge is 0.475 e. The first-order chi connectivity index (χ1) is 29.1. The van der Waals surface area contributed by atoms with Crippen LogP contribution in [0.25, 0.3) is 11.1 Å². The molecule has 4 aromatic rings. The summed E-state index contributed by atoms with van der Waals surface area (Å²) in [5.41, 5.74) is 5.46. The summed E-state index contributed by atoms with van der Waals surface area (Å²) in [5, 5.41) is 19.2. The topological polar surface area (TPSA) is 158 Å². The molecular formula is C43H51F4N7O6S. The number of carboxylic acids is 1. The van der Waals surface area contributed by atoms with Gasteiger partial charge in [0.15, 0.2) is 5.01 Å². The third-order valence-corrected chi connectivity index (χ3v) is 11.5. The van der Waals surface area contributed by atoms with Crippen molar-refractivity contribution in [2.45, 2.75) is 89.9 Å². The fourth-order valence-electron chi connectivity index (χ4n) is 7.85. The molecule has 4 heterocycles. The van der Waals surface area contributed by atoms with E-state index in [4.69, 9.17) is 19.4 Å². The molecule has 2 amide bonds. The van der Waals surface area contributed by atoms with E-state index < -0.39 is 23.9 Å². The van der Waals surface area contributed by atoms with Crippen LogP contribution in [0, 0.1) is 12.7 Å². The predicted octanol–water partition coefficient (Wildman–Crippen LogP) is 6.56. The minimum Gasteiger partial charge on any atom is -0.475 e. The van der Waals surface area contributed by atoms with Crippen LogP contribution in [0.5, 0.6) is 11.6 Å². The molecule has 0 radical (unpaired) electrons. The van der Waals surface area contributed by atoms with Crippen molar-refractivity contribution in [1.29, 1.82) is 0 Å². The van der Waals surface area contributed by atoms with Gasteiger partial charge in [-0.3, -0.25) is 19.4 Å². The number of ether oxygens (including phenoxy) is 2. The number of benzene rings is 2. The molecule has 1 saturated carbocycles. The van der Waals surface area contributed by atoms with E-state index >= 15 is 0 Å². The van der Waals surface area contributed by atoms with Crippen molar-refractivity contribution in [2.75, 3.05) is 39.4 Å². The van der Waals surface area contributed by atoms with Crippen molar-refractivity contribution in [1.82, 2.24) is 35.7 Å². The molecule has 4 N–H and O–H groups in total. The Bertz CT molecular complexity index is 2130. The Balaban J connectivity index is 0.000000819. The average Bonchev–Trinajstić information content (AvgIpc) is 3.66. The SMILES string of the molecule is Cc1csc(C(=O)NC2CCC(NC(=O)c3cc(F)cnc3Oc3cccc(-c4ccc(CN5C[C@@H](C)N[C@@H](C)C5)cc4CN4CCOCC4)c3)CC2)n1.O=C(O)C(F)(F)F. The number of halogens is 4. The van der Waals surface area contributed by atoms with Crippen molar-refractivity contribution in [3.8, 4) is 22.8 Å². The van der Waals surface area contributed by atoms with Gasteiger partial charge in [0.05, 0.1) is 19.4 Å². The molecule has 0 bridgehead atoms. The number of hydrogen-bond donors (Lipinski definition) is 4. The van der Waals surface area contributed by atoms with Gasteiger partial charge in [0.2, 0.25) is 5.88 Å². The molecule has 2 aliphatic heterocycles. The van der Waals surface area contributed by atoms with Crippen LogP contribution in [-0.2, 0) is 22.6 Å². The van der Waals surface area contributed by atoms with Gasteiger partial charge in [0.25, 0.3) is 11.8 Å². The lowest BCUT2D eigenvalue weighted by atomic mass is 9.91. The molecule has 7 rings (SSSR count). The van der Waals surface area contributed by atoms with Gasteiger partial charge in [-0.15, -0.1) is 11.3 Å². The second-order valence-electron chi connectivity index (χ2n) is 15.8. The van der Waals surface area contributed by atoms with Gasteiger partial charge in [-0.25, -0.2) is 19.2 Å². The summed E-state index contributed by atoms with van der Waals surface area (Å²) >= 11 is 1.33. The van der Waals surface area contributed by atoms with E-state index in [1.54, 1.807) is 0 Å². The molecule has 13 nitrogen and oxygen atoms in total. The van der Waals surface area contributed by atoms with Gasteiger partial charge in [0.1, 0.15) is 17.1 Å². The van der Waals surface area contributed by atoms with Crippen LogP contribution in [0.15, 0.2) is 60.1 Å². The van der Waals surface area contributed by atoms with Crippen molar-refractivity contribution in [3.05, 3.63) is 93.3 Å². The number of morpholine rings is 1. The molecule has 2 saturated heterocycles. The largest absolute Gasteiger partial charge is 0.490 e. The van der Waals surface area contributed by atoms with Crippen LogP contribution in [0.4, 0.5) is 17.6 Å². The molecule has 1 aliphatic carbocycles. The lowest BCUT2D eigenvalue weighted by molar-refractivity contribution is -0.192. The lowest BCUT2D eigenvalue weighted by Crippen LogP contribution is -2.53.